The van der Waals surface area contributed by atoms with Gasteiger partial charge in [0.2, 0.25) is 0 Å². The van der Waals surface area contributed by atoms with Gasteiger partial charge in [-0.15, -0.1) is 11.3 Å². The number of nitrogens with zero attached hydrogens (tertiary/aromatic N) is 2. The van der Waals surface area contributed by atoms with Gasteiger partial charge in [-0.05, 0) is 35.9 Å². The minimum absolute atomic E-state index is 0.102. The third-order valence-corrected chi connectivity index (χ3v) is 5.20. The minimum atomic E-state index is -0.102. The first-order valence-corrected chi connectivity index (χ1v) is 8.80. The Morgan fingerprint density at radius 2 is 1.68 bits per heavy atom. The van der Waals surface area contributed by atoms with Crippen LogP contribution in [0.3, 0.4) is 0 Å². The fourth-order valence-electron chi connectivity index (χ4n) is 2.73. The summed E-state index contributed by atoms with van der Waals surface area (Å²) in [5, 5.41) is 0.637. The predicted molar refractivity (Wildman–Crippen MR) is 105 cm³/mol. The summed E-state index contributed by atoms with van der Waals surface area (Å²) in [6.45, 7) is 0. The summed E-state index contributed by atoms with van der Waals surface area (Å²) in [5.41, 5.74) is 3.01. The summed E-state index contributed by atoms with van der Waals surface area (Å²) < 4.78 is 0. The van der Waals surface area contributed by atoms with Crippen LogP contribution in [0.4, 0.5) is 5.69 Å². The van der Waals surface area contributed by atoms with E-state index < -0.39 is 0 Å². The molecule has 2 aromatic heterocycles. The Hall–Kier alpha value is -2.92. The minimum Gasteiger partial charge on any atom is -0.378 e. The standard InChI is InChI=1S/C20H17N3OS/c1-23(2)15-10-8-14(9-11-15)18-21-19(24)16-12-17(25-20(16)22-18)13-6-4-3-5-7-13/h3-12H,1-2H3,(H,21,22,24). The number of nitrogens with one attached hydrogen (secondary N) is 1. The summed E-state index contributed by atoms with van der Waals surface area (Å²) >= 11 is 1.54. The Balaban J connectivity index is 1.80. The molecule has 5 heteroatoms. The molecule has 2 aromatic carbocycles. The van der Waals surface area contributed by atoms with Crippen molar-refractivity contribution >= 4 is 27.2 Å². The molecule has 1 N–H and O–H groups in total. The number of hydrogen-bond donors (Lipinski definition) is 1. The molecule has 0 bridgehead atoms. The molecule has 0 aliphatic carbocycles. The number of hydrogen-bond acceptors (Lipinski definition) is 4. The molecule has 0 saturated heterocycles. The number of thiophene rings is 1. The highest BCUT2D eigenvalue weighted by molar-refractivity contribution is 7.21. The van der Waals surface area contributed by atoms with E-state index >= 15 is 0 Å². The molecule has 124 valence electrons. The number of anilines is 1. The fourth-order valence-corrected chi connectivity index (χ4v) is 3.77. The van der Waals surface area contributed by atoms with Crippen molar-refractivity contribution < 1.29 is 0 Å². The smallest absolute Gasteiger partial charge is 0.259 e. The lowest BCUT2D eigenvalue weighted by Crippen LogP contribution is -2.09. The number of benzene rings is 2. The molecule has 0 aliphatic heterocycles. The van der Waals surface area contributed by atoms with Gasteiger partial charge < -0.3 is 9.88 Å². The lowest BCUT2D eigenvalue weighted by molar-refractivity contribution is 1.13. The van der Waals surface area contributed by atoms with Crippen LogP contribution in [-0.4, -0.2) is 24.1 Å². The largest absolute Gasteiger partial charge is 0.378 e. The summed E-state index contributed by atoms with van der Waals surface area (Å²) in [6.07, 6.45) is 0. The van der Waals surface area contributed by atoms with Crippen LogP contribution < -0.4 is 10.5 Å². The molecule has 4 nitrogen and oxygen atoms in total. The molecular weight excluding hydrogens is 330 g/mol. The van der Waals surface area contributed by atoms with Gasteiger partial charge in [0.15, 0.2) is 0 Å². The Bertz CT molecular complexity index is 1080. The van der Waals surface area contributed by atoms with Crippen LogP contribution in [0.2, 0.25) is 0 Å². The quantitative estimate of drug-likeness (QED) is 0.598. The molecule has 0 fully saturated rings. The van der Waals surface area contributed by atoms with Crippen molar-refractivity contribution in [3.8, 4) is 21.8 Å². The highest BCUT2D eigenvalue weighted by atomic mass is 32.1. The molecule has 0 unspecified atom stereocenters. The lowest BCUT2D eigenvalue weighted by Gasteiger charge is -2.12. The zero-order valence-electron chi connectivity index (χ0n) is 14.0. The van der Waals surface area contributed by atoms with E-state index in [9.17, 15) is 4.79 Å². The first kappa shape index (κ1) is 15.6. The zero-order valence-corrected chi connectivity index (χ0v) is 14.8. The number of aromatic nitrogens is 2. The van der Waals surface area contributed by atoms with Crippen molar-refractivity contribution in [3.63, 3.8) is 0 Å². The maximum atomic E-state index is 12.5. The number of fused-ring (bicyclic) bond motifs is 1. The summed E-state index contributed by atoms with van der Waals surface area (Å²) in [7, 11) is 4.00. The molecule has 4 aromatic rings. The first-order chi connectivity index (χ1) is 12.1. The van der Waals surface area contributed by atoms with Crippen molar-refractivity contribution in [2.45, 2.75) is 0 Å². The molecule has 4 rings (SSSR count). The highest BCUT2D eigenvalue weighted by Crippen LogP contribution is 2.31. The van der Waals surface area contributed by atoms with Gasteiger partial charge in [0.1, 0.15) is 10.7 Å². The van der Waals surface area contributed by atoms with Gasteiger partial charge >= 0.3 is 0 Å². The maximum absolute atomic E-state index is 12.5. The van der Waals surface area contributed by atoms with E-state index in [1.807, 2.05) is 79.7 Å². The van der Waals surface area contributed by atoms with Crippen molar-refractivity contribution in [1.29, 1.82) is 0 Å². The van der Waals surface area contributed by atoms with Crippen molar-refractivity contribution in [2.24, 2.45) is 0 Å². The number of H-pyrrole nitrogens is 1. The van der Waals surface area contributed by atoms with Crippen molar-refractivity contribution in [1.82, 2.24) is 9.97 Å². The molecule has 0 aliphatic rings. The second-order valence-corrected chi connectivity index (χ2v) is 7.08. The summed E-state index contributed by atoms with van der Waals surface area (Å²) in [4.78, 5) is 23.9. The Morgan fingerprint density at radius 1 is 0.960 bits per heavy atom. The third-order valence-electron chi connectivity index (χ3n) is 4.12. The van der Waals surface area contributed by atoms with Gasteiger partial charge in [0, 0.05) is 30.2 Å². The van der Waals surface area contributed by atoms with Crippen LogP contribution in [0, 0.1) is 0 Å². The van der Waals surface area contributed by atoms with E-state index in [-0.39, 0.29) is 5.56 Å². The predicted octanol–water partition coefficient (Wildman–Crippen LogP) is 4.38. The van der Waals surface area contributed by atoms with Gasteiger partial charge in [-0.1, -0.05) is 30.3 Å². The topological polar surface area (TPSA) is 49.0 Å². The number of aromatic amines is 1. The van der Waals surface area contributed by atoms with Crippen LogP contribution in [0.15, 0.2) is 65.5 Å². The summed E-state index contributed by atoms with van der Waals surface area (Å²) in [5.74, 6) is 0.601. The zero-order chi connectivity index (χ0) is 17.4. The van der Waals surface area contributed by atoms with Gasteiger partial charge in [0.25, 0.3) is 5.56 Å². The average molecular weight is 347 g/mol. The van der Waals surface area contributed by atoms with Crippen LogP contribution >= 0.6 is 11.3 Å². The molecule has 0 radical (unpaired) electrons. The SMILES string of the molecule is CN(C)c1ccc(-c2nc3sc(-c4ccccc4)cc3c(=O)[nH]2)cc1. The normalized spacial score (nSPS) is 11.0. The molecular formula is C20H17N3OS. The lowest BCUT2D eigenvalue weighted by atomic mass is 10.1. The van der Waals surface area contributed by atoms with E-state index in [0.29, 0.717) is 11.2 Å². The Labute approximate surface area is 149 Å². The van der Waals surface area contributed by atoms with Gasteiger partial charge in [-0.25, -0.2) is 4.98 Å². The second-order valence-electron chi connectivity index (χ2n) is 6.05. The van der Waals surface area contributed by atoms with Gasteiger partial charge in [0.05, 0.1) is 5.39 Å². The van der Waals surface area contributed by atoms with Gasteiger partial charge in [-0.3, -0.25) is 4.79 Å². The summed E-state index contributed by atoms with van der Waals surface area (Å²) in [6, 6.07) is 20.0. The van der Waals surface area contributed by atoms with Crippen molar-refractivity contribution in [3.05, 3.63) is 71.0 Å². The average Bonchev–Trinajstić information content (AvgIpc) is 3.07. The molecule has 0 saturated carbocycles. The van der Waals surface area contributed by atoms with E-state index in [4.69, 9.17) is 0 Å². The van der Waals surface area contributed by atoms with E-state index in [1.165, 1.54) is 0 Å². The van der Waals surface area contributed by atoms with Crippen LogP contribution in [0.1, 0.15) is 0 Å². The Kier molecular flexibility index (Phi) is 3.86. The van der Waals surface area contributed by atoms with Gasteiger partial charge in [-0.2, -0.15) is 0 Å². The highest BCUT2D eigenvalue weighted by Gasteiger charge is 2.11. The maximum Gasteiger partial charge on any atom is 0.259 e. The van der Waals surface area contributed by atoms with E-state index in [1.54, 1.807) is 11.3 Å². The van der Waals surface area contributed by atoms with Crippen LogP contribution in [0.5, 0.6) is 0 Å². The number of rotatable bonds is 3. The molecule has 0 amide bonds. The molecule has 2 heterocycles. The van der Waals surface area contributed by atoms with Crippen LogP contribution in [-0.2, 0) is 0 Å². The molecule has 25 heavy (non-hydrogen) atoms. The van der Waals surface area contributed by atoms with E-state index in [0.717, 1.165) is 26.5 Å². The fraction of sp³-hybridized carbons (Fsp3) is 0.100. The first-order valence-electron chi connectivity index (χ1n) is 7.99. The second kappa shape index (κ2) is 6.18. The molecule has 0 spiro atoms. The Morgan fingerprint density at radius 3 is 2.36 bits per heavy atom. The van der Waals surface area contributed by atoms with Crippen molar-refractivity contribution in [2.75, 3.05) is 19.0 Å². The monoisotopic (exact) mass is 347 g/mol. The third kappa shape index (κ3) is 2.94. The van der Waals surface area contributed by atoms with E-state index in [2.05, 4.69) is 9.97 Å². The van der Waals surface area contributed by atoms with Crippen LogP contribution in [0.25, 0.3) is 32.0 Å². The molecule has 0 atom stereocenters.